The smallest absolute Gasteiger partial charge is 0.276 e. The number of aromatic amines is 1. The number of rotatable bonds is 7. The minimum Gasteiger partial charge on any atom is -0.379 e. The largest absolute Gasteiger partial charge is 0.379 e. The van der Waals surface area contributed by atoms with E-state index in [1.807, 2.05) is 25.1 Å². The number of nitrogens with zero attached hydrogens (tertiary/aromatic N) is 2. The number of nitrogens with one attached hydrogen (secondary N) is 2. The van der Waals surface area contributed by atoms with E-state index in [4.69, 9.17) is 4.74 Å². The fourth-order valence-electron chi connectivity index (χ4n) is 2.26. The number of benzene rings is 1. The van der Waals surface area contributed by atoms with Crippen LogP contribution < -0.4 is 5.32 Å². The van der Waals surface area contributed by atoms with E-state index in [0.29, 0.717) is 5.69 Å². The second kappa shape index (κ2) is 7.77. The van der Waals surface area contributed by atoms with Crippen LogP contribution in [-0.4, -0.2) is 39.6 Å². The normalized spacial score (nSPS) is 11.8. The molecule has 2 aromatic heterocycles. The van der Waals surface area contributed by atoms with E-state index >= 15 is 0 Å². The third-order valence-electron chi connectivity index (χ3n) is 4.05. The molecule has 0 unspecified atom stereocenters. The number of thiazole rings is 1. The Morgan fingerprint density at radius 2 is 2.19 bits per heavy atom. The summed E-state index contributed by atoms with van der Waals surface area (Å²) in [7, 11) is 1.74. The average molecular weight is 391 g/mol. The summed E-state index contributed by atoms with van der Waals surface area (Å²) in [4.78, 5) is 16.9. The number of carbonyl (C=O) groups is 1. The van der Waals surface area contributed by atoms with Gasteiger partial charge in [0.2, 0.25) is 0 Å². The molecule has 0 saturated carbocycles. The summed E-state index contributed by atoms with van der Waals surface area (Å²) in [5.41, 5.74) is 2.79. The lowest BCUT2D eigenvalue weighted by molar-refractivity contribution is 0.0207. The molecule has 1 amide bonds. The number of methoxy groups -OCH3 is 1. The molecule has 0 radical (unpaired) electrons. The van der Waals surface area contributed by atoms with Crippen LogP contribution in [0, 0.1) is 6.92 Å². The third kappa shape index (κ3) is 4.63. The molecule has 0 bridgehead atoms. The van der Waals surface area contributed by atoms with Gasteiger partial charge in [0, 0.05) is 24.2 Å². The number of anilines is 1. The number of H-pyrrole nitrogens is 1. The number of ether oxygens (including phenoxy) is 1. The number of hydrogen-bond donors (Lipinski definition) is 2. The molecular formula is C18H22N4O2S2. The van der Waals surface area contributed by atoms with Gasteiger partial charge in [0.05, 0.1) is 15.8 Å². The SMILES string of the molecule is COC(C)(C)CCSc1nc2ccc(NC(=O)c3cc(C)[nH]n3)cc2s1. The standard InChI is InChI=1S/C18H22N4O2S2/c1-11-9-14(22-21-11)16(23)19-12-5-6-13-15(10-12)26-17(20-13)25-8-7-18(2,3)24-4/h5-6,9-10H,7-8H2,1-4H3,(H,19,23)(H,21,22). The Balaban J connectivity index is 1.66. The van der Waals surface area contributed by atoms with Gasteiger partial charge in [-0.15, -0.1) is 11.3 Å². The number of carbonyl (C=O) groups excluding carboxylic acids is 1. The summed E-state index contributed by atoms with van der Waals surface area (Å²) >= 11 is 3.37. The van der Waals surface area contributed by atoms with Crippen molar-refractivity contribution in [1.29, 1.82) is 0 Å². The van der Waals surface area contributed by atoms with Crippen LogP contribution in [-0.2, 0) is 4.74 Å². The first-order chi connectivity index (χ1) is 12.4. The van der Waals surface area contributed by atoms with E-state index in [0.717, 1.165) is 38.1 Å². The zero-order valence-corrected chi connectivity index (χ0v) is 16.9. The van der Waals surface area contributed by atoms with Crippen molar-refractivity contribution in [1.82, 2.24) is 15.2 Å². The molecule has 0 aliphatic heterocycles. The summed E-state index contributed by atoms with van der Waals surface area (Å²) in [6, 6.07) is 7.46. The topological polar surface area (TPSA) is 79.9 Å². The first-order valence-electron chi connectivity index (χ1n) is 8.28. The zero-order chi connectivity index (χ0) is 18.7. The van der Waals surface area contributed by atoms with Gasteiger partial charge in [-0.1, -0.05) is 11.8 Å². The van der Waals surface area contributed by atoms with Crippen LogP contribution in [0.3, 0.4) is 0 Å². The van der Waals surface area contributed by atoms with Crippen molar-refractivity contribution in [2.75, 3.05) is 18.2 Å². The number of amides is 1. The highest BCUT2D eigenvalue weighted by Crippen LogP contribution is 2.32. The van der Waals surface area contributed by atoms with E-state index in [-0.39, 0.29) is 11.5 Å². The van der Waals surface area contributed by atoms with Crippen molar-refractivity contribution >= 4 is 44.9 Å². The van der Waals surface area contributed by atoms with E-state index in [9.17, 15) is 4.79 Å². The molecule has 138 valence electrons. The van der Waals surface area contributed by atoms with Gasteiger partial charge in [-0.3, -0.25) is 9.89 Å². The number of fused-ring (bicyclic) bond motifs is 1. The van der Waals surface area contributed by atoms with Gasteiger partial charge in [0.1, 0.15) is 0 Å². The minimum atomic E-state index is -0.227. The Bertz CT molecular complexity index is 917. The summed E-state index contributed by atoms with van der Waals surface area (Å²) < 4.78 is 7.52. The van der Waals surface area contributed by atoms with Crippen LogP contribution in [0.4, 0.5) is 5.69 Å². The molecule has 0 aliphatic rings. The summed E-state index contributed by atoms with van der Waals surface area (Å²) in [5.74, 6) is 0.720. The fraction of sp³-hybridized carbons (Fsp3) is 0.389. The van der Waals surface area contributed by atoms with Crippen LogP contribution in [0.2, 0.25) is 0 Å². The molecule has 26 heavy (non-hydrogen) atoms. The highest BCUT2D eigenvalue weighted by atomic mass is 32.2. The molecule has 8 heteroatoms. The highest BCUT2D eigenvalue weighted by Gasteiger charge is 2.16. The Labute approximate surface area is 160 Å². The van der Waals surface area contributed by atoms with Crippen LogP contribution in [0.25, 0.3) is 10.2 Å². The highest BCUT2D eigenvalue weighted by molar-refractivity contribution is 8.01. The maximum atomic E-state index is 12.2. The van der Waals surface area contributed by atoms with Gasteiger partial charge in [0.25, 0.3) is 5.91 Å². The van der Waals surface area contributed by atoms with Crippen molar-refractivity contribution in [2.45, 2.75) is 37.1 Å². The van der Waals surface area contributed by atoms with Crippen molar-refractivity contribution in [2.24, 2.45) is 0 Å². The molecule has 0 atom stereocenters. The van der Waals surface area contributed by atoms with Gasteiger partial charge in [-0.05, 0) is 51.5 Å². The number of aryl methyl sites for hydroxylation is 1. The van der Waals surface area contributed by atoms with E-state index in [2.05, 4.69) is 34.3 Å². The monoisotopic (exact) mass is 390 g/mol. The van der Waals surface area contributed by atoms with Crippen LogP contribution in [0.1, 0.15) is 36.5 Å². The minimum absolute atomic E-state index is 0.119. The molecule has 2 N–H and O–H groups in total. The Morgan fingerprint density at radius 1 is 1.38 bits per heavy atom. The fourth-order valence-corrected chi connectivity index (χ4v) is 4.68. The predicted molar refractivity (Wildman–Crippen MR) is 107 cm³/mol. The summed E-state index contributed by atoms with van der Waals surface area (Å²) in [5, 5.41) is 9.63. The molecular weight excluding hydrogens is 368 g/mol. The van der Waals surface area contributed by atoms with E-state index < -0.39 is 0 Å². The first kappa shape index (κ1) is 18.9. The maximum Gasteiger partial charge on any atom is 0.276 e. The Morgan fingerprint density at radius 3 is 2.88 bits per heavy atom. The summed E-state index contributed by atoms with van der Waals surface area (Å²) in [6.45, 7) is 6.03. The van der Waals surface area contributed by atoms with Crippen LogP contribution in [0.15, 0.2) is 28.6 Å². The van der Waals surface area contributed by atoms with Crippen molar-refractivity contribution in [3.8, 4) is 0 Å². The lowest BCUT2D eigenvalue weighted by Gasteiger charge is -2.21. The van der Waals surface area contributed by atoms with Crippen molar-refractivity contribution < 1.29 is 9.53 Å². The Hall–Kier alpha value is -1.90. The second-order valence-corrected chi connectivity index (χ2v) is 8.99. The Kier molecular flexibility index (Phi) is 5.64. The molecule has 0 saturated heterocycles. The molecule has 0 fully saturated rings. The first-order valence-corrected chi connectivity index (χ1v) is 10.1. The quantitative estimate of drug-likeness (QED) is 0.581. The molecule has 3 rings (SSSR count). The van der Waals surface area contributed by atoms with Crippen LogP contribution >= 0.6 is 23.1 Å². The molecule has 1 aromatic carbocycles. The van der Waals surface area contributed by atoms with Crippen molar-refractivity contribution in [3.63, 3.8) is 0 Å². The molecule has 6 nitrogen and oxygen atoms in total. The molecule has 3 aromatic rings. The van der Waals surface area contributed by atoms with E-state index in [1.54, 1.807) is 36.3 Å². The number of hydrogen-bond acceptors (Lipinski definition) is 6. The van der Waals surface area contributed by atoms with Gasteiger partial charge in [-0.2, -0.15) is 5.10 Å². The number of aromatic nitrogens is 3. The lowest BCUT2D eigenvalue weighted by atomic mass is 10.1. The van der Waals surface area contributed by atoms with E-state index in [1.165, 1.54) is 0 Å². The van der Waals surface area contributed by atoms with Gasteiger partial charge in [-0.25, -0.2) is 4.98 Å². The van der Waals surface area contributed by atoms with Gasteiger partial charge < -0.3 is 10.1 Å². The molecule has 0 spiro atoms. The van der Waals surface area contributed by atoms with Crippen LogP contribution in [0.5, 0.6) is 0 Å². The number of thioether (sulfide) groups is 1. The second-order valence-electron chi connectivity index (χ2n) is 6.61. The molecule has 0 aliphatic carbocycles. The zero-order valence-electron chi connectivity index (χ0n) is 15.3. The lowest BCUT2D eigenvalue weighted by Crippen LogP contribution is -2.22. The summed E-state index contributed by atoms with van der Waals surface area (Å²) in [6.07, 6.45) is 0.953. The van der Waals surface area contributed by atoms with Gasteiger partial charge >= 0.3 is 0 Å². The maximum absolute atomic E-state index is 12.2. The van der Waals surface area contributed by atoms with Gasteiger partial charge in [0.15, 0.2) is 10.0 Å². The van der Waals surface area contributed by atoms with Crippen molar-refractivity contribution in [3.05, 3.63) is 35.7 Å². The average Bonchev–Trinajstić information content (AvgIpc) is 3.20. The predicted octanol–water partition coefficient (Wildman–Crippen LogP) is 4.49. The molecule has 2 heterocycles. The third-order valence-corrected chi connectivity index (χ3v) is 6.21.